The number of carbonyl (C=O) groups excluding carboxylic acids is 1. The summed E-state index contributed by atoms with van der Waals surface area (Å²) in [5.41, 5.74) is 6.83. The van der Waals surface area contributed by atoms with Crippen LogP contribution in [0.25, 0.3) is 22.0 Å². The predicted octanol–water partition coefficient (Wildman–Crippen LogP) is 7.60. The van der Waals surface area contributed by atoms with Crippen LogP contribution in [0.1, 0.15) is 34.5 Å². The van der Waals surface area contributed by atoms with Crippen molar-refractivity contribution < 1.29 is 22.7 Å². The highest BCUT2D eigenvalue weighted by Gasteiger charge is 2.26. The van der Waals surface area contributed by atoms with Crippen molar-refractivity contribution >= 4 is 49.8 Å². The van der Waals surface area contributed by atoms with Crippen molar-refractivity contribution in [3.8, 4) is 22.6 Å². The van der Waals surface area contributed by atoms with Crippen LogP contribution >= 0.6 is 11.6 Å². The molecular weight excluding hydrogens is 762 g/mol. The van der Waals surface area contributed by atoms with Crippen molar-refractivity contribution in [2.75, 3.05) is 56.2 Å². The zero-order valence-corrected chi connectivity index (χ0v) is 33.6. The molecule has 1 amide bonds. The van der Waals surface area contributed by atoms with Gasteiger partial charge in [-0.2, -0.15) is 5.10 Å². The Morgan fingerprint density at radius 3 is 2.53 bits per heavy atom. The number of aromatic amines is 1. The van der Waals surface area contributed by atoms with E-state index in [9.17, 15) is 13.2 Å². The molecule has 14 heteroatoms. The molecule has 0 unspecified atom stereocenters. The number of anilines is 2. The summed E-state index contributed by atoms with van der Waals surface area (Å²) in [6, 6.07) is 25.5. The molecule has 6 aromatic rings. The zero-order valence-electron chi connectivity index (χ0n) is 32.0. The summed E-state index contributed by atoms with van der Waals surface area (Å²) >= 11 is 6.15. The predicted molar refractivity (Wildman–Crippen MR) is 224 cm³/mol. The maximum absolute atomic E-state index is 13.9. The number of ether oxygens (including phenoxy) is 2. The normalized spacial score (nSPS) is 15.5. The Morgan fingerprint density at radius 1 is 0.965 bits per heavy atom. The molecule has 2 aromatic heterocycles. The lowest BCUT2D eigenvalue weighted by molar-refractivity contribution is 0.0699. The molecule has 0 atom stereocenters. The van der Waals surface area contributed by atoms with Crippen molar-refractivity contribution in [3.05, 3.63) is 119 Å². The van der Waals surface area contributed by atoms with Crippen LogP contribution in [0.5, 0.6) is 11.5 Å². The van der Waals surface area contributed by atoms with Gasteiger partial charge in [0.15, 0.2) is 0 Å². The number of nitrogens with zero attached hydrogens (tertiary/aromatic N) is 4. The number of piperazine rings is 1. The third-order valence-electron chi connectivity index (χ3n) is 10.9. The van der Waals surface area contributed by atoms with Crippen molar-refractivity contribution in [2.24, 2.45) is 13.0 Å². The number of carbonyl (C=O) groups is 1. The second-order valence-electron chi connectivity index (χ2n) is 14.8. The van der Waals surface area contributed by atoms with Crippen LogP contribution in [-0.2, 0) is 28.4 Å². The van der Waals surface area contributed by atoms with Crippen LogP contribution in [0.15, 0.2) is 102 Å². The highest BCUT2D eigenvalue weighted by molar-refractivity contribution is 7.90. The van der Waals surface area contributed by atoms with E-state index >= 15 is 0 Å². The van der Waals surface area contributed by atoms with Crippen LogP contribution < -0.4 is 19.7 Å². The van der Waals surface area contributed by atoms with E-state index in [4.69, 9.17) is 21.1 Å². The summed E-state index contributed by atoms with van der Waals surface area (Å²) in [7, 11) is -2.24. The minimum atomic E-state index is -4.21. The Bertz CT molecular complexity index is 2490. The Balaban J connectivity index is 0.985. The summed E-state index contributed by atoms with van der Waals surface area (Å²) < 4.78 is 43.4. The number of hydrogen-bond acceptors (Lipinski definition) is 9. The van der Waals surface area contributed by atoms with Gasteiger partial charge in [-0.15, -0.1) is 0 Å². The fourth-order valence-electron chi connectivity index (χ4n) is 7.54. The molecule has 2 fully saturated rings. The third kappa shape index (κ3) is 8.81. The fourth-order valence-corrected chi connectivity index (χ4v) is 8.72. The van der Waals surface area contributed by atoms with E-state index in [1.165, 1.54) is 6.07 Å². The Kier molecular flexibility index (Phi) is 11.2. The minimum Gasteiger partial charge on any atom is -0.456 e. The lowest BCUT2D eigenvalue weighted by atomic mass is 10.0. The lowest BCUT2D eigenvalue weighted by Gasteiger charge is -2.36. The largest absolute Gasteiger partial charge is 0.456 e. The average molecular weight is 808 g/mol. The van der Waals surface area contributed by atoms with Gasteiger partial charge in [-0.25, -0.2) is 13.1 Å². The standard InChI is InChI=1S/C43H46ClN7O5S/c1-29-23-36(9-12-39(29)46-26-30-14-21-55-22-15-30)57(53,54)48-43(52)37-10-7-34(25-42(37)56-35-8-11-40-32(24-35)13-16-45-40)51-19-17-50(18-20-51)28-41-38(27-47-49(41)2)31-3-5-33(44)6-4-31/h3-13,16,23-25,27,30,45-46H,14-15,17-22,26,28H2,1-2H3,(H,48,52). The molecule has 4 heterocycles. The molecule has 0 saturated carbocycles. The number of sulfonamides is 1. The van der Waals surface area contributed by atoms with E-state index in [0.29, 0.717) is 16.7 Å². The van der Waals surface area contributed by atoms with E-state index in [-0.39, 0.29) is 16.2 Å². The van der Waals surface area contributed by atoms with Crippen LogP contribution in [-0.4, -0.2) is 79.9 Å². The highest BCUT2D eigenvalue weighted by atomic mass is 35.5. The van der Waals surface area contributed by atoms with Crippen molar-refractivity contribution in [3.63, 3.8) is 0 Å². The molecular formula is C43H46ClN7O5S. The summed E-state index contributed by atoms with van der Waals surface area (Å²) in [5, 5.41) is 9.64. The molecule has 0 spiro atoms. The summed E-state index contributed by atoms with van der Waals surface area (Å²) in [6.07, 6.45) is 5.74. The Hall–Kier alpha value is -5.34. The maximum atomic E-state index is 13.9. The number of amides is 1. The Morgan fingerprint density at radius 2 is 1.75 bits per heavy atom. The number of halogens is 1. The molecule has 8 rings (SSSR count). The first-order valence-electron chi connectivity index (χ1n) is 19.2. The number of benzene rings is 4. The molecule has 296 valence electrons. The van der Waals surface area contributed by atoms with E-state index in [0.717, 1.165) is 110 Å². The molecule has 0 aliphatic carbocycles. The van der Waals surface area contributed by atoms with Gasteiger partial charge in [-0.1, -0.05) is 23.7 Å². The van der Waals surface area contributed by atoms with Crippen LogP contribution in [0.3, 0.4) is 0 Å². The first-order chi connectivity index (χ1) is 27.6. The van der Waals surface area contributed by atoms with Gasteiger partial charge in [0.1, 0.15) is 11.5 Å². The van der Waals surface area contributed by atoms with Crippen molar-refractivity contribution in [1.29, 1.82) is 0 Å². The van der Waals surface area contributed by atoms with Gasteiger partial charge in [-0.3, -0.25) is 14.4 Å². The van der Waals surface area contributed by atoms with Crippen LogP contribution in [0.4, 0.5) is 11.4 Å². The van der Waals surface area contributed by atoms with Gasteiger partial charge in [0.2, 0.25) is 0 Å². The molecule has 2 aliphatic rings. The number of hydrogen-bond donors (Lipinski definition) is 3. The smallest absolute Gasteiger partial charge is 0.268 e. The summed E-state index contributed by atoms with van der Waals surface area (Å²) in [5.74, 6) is 0.499. The summed E-state index contributed by atoms with van der Waals surface area (Å²) in [4.78, 5) is 21.7. The van der Waals surface area contributed by atoms with Crippen molar-refractivity contribution in [2.45, 2.75) is 31.2 Å². The fraction of sp³-hybridized carbons (Fsp3) is 0.302. The lowest BCUT2D eigenvalue weighted by Crippen LogP contribution is -2.46. The van der Waals surface area contributed by atoms with Gasteiger partial charge >= 0.3 is 0 Å². The first-order valence-corrected chi connectivity index (χ1v) is 21.1. The monoisotopic (exact) mass is 807 g/mol. The Labute approximate surface area is 337 Å². The number of rotatable bonds is 12. The van der Waals surface area contributed by atoms with E-state index in [1.54, 1.807) is 18.2 Å². The minimum absolute atomic E-state index is 0.00578. The van der Waals surface area contributed by atoms with Crippen LogP contribution in [0.2, 0.25) is 5.02 Å². The molecule has 57 heavy (non-hydrogen) atoms. The van der Waals surface area contributed by atoms with Gasteiger partial charge in [-0.05, 0) is 104 Å². The average Bonchev–Trinajstić information content (AvgIpc) is 3.84. The summed E-state index contributed by atoms with van der Waals surface area (Å²) in [6.45, 7) is 7.98. The quantitative estimate of drug-likeness (QED) is 0.114. The van der Waals surface area contributed by atoms with E-state index < -0.39 is 15.9 Å². The van der Waals surface area contributed by atoms with Gasteiger partial charge in [0.05, 0.1) is 22.3 Å². The topological polar surface area (TPSA) is 134 Å². The molecule has 4 aromatic carbocycles. The van der Waals surface area contributed by atoms with Gasteiger partial charge < -0.3 is 24.7 Å². The van der Waals surface area contributed by atoms with E-state index in [2.05, 4.69) is 29.9 Å². The van der Waals surface area contributed by atoms with Gasteiger partial charge in [0, 0.05) is 105 Å². The van der Waals surface area contributed by atoms with Crippen LogP contribution in [0, 0.1) is 12.8 Å². The third-order valence-corrected chi connectivity index (χ3v) is 12.5. The molecule has 3 N–H and O–H groups in total. The number of H-pyrrole nitrogens is 1. The second kappa shape index (κ2) is 16.6. The maximum Gasteiger partial charge on any atom is 0.268 e. The SMILES string of the molecule is Cc1cc(S(=O)(=O)NC(=O)c2ccc(N3CCN(Cc4c(-c5ccc(Cl)cc5)cnn4C)CC3)cc2Oc2ccc3[nH]ccc3c2)ccc1NCC1CCOCC1. The molecule has 2 saturated heterocycles. The second-order valence-corrected chi connectivity index (χ2v) is 16.9. The van der Waals surface area contributed by atoms with Crippen molar-refractivity contribution in [1.82, 2.24) is 24.4 Å². The van der Waals surface area contributed by atoms with Gasteiger partial charge in [0.25, 0.3) is 15.9 Å². The number of nitrogens with one attached hydrogen (secondary N) is 3. The number of aryl methyl sites for hydroxylation is 2. The van der Waals surface area contributed by atoms with E-state index in [1.807, 2.05) is 91.7 Å². The molecule has 0 radical (unpaired) electrons. The molecule has 2 aliphatic heterocycles. The first kappa shape index (κ1) is 38.5. The zero-order chi connectivity index (χ0) is 39.5. The molecule has 12 nitrogen and oxygen atoms in total. The highest BCUT2D eigenvalue weighted by Crippen LogP contribution is 2.33. The number of aromatic nitrogens is 3. The number of fused-ring (bicyclic) bond motifs is 1. The molecule has 0 bridgehead atoms.